The number of hydrogen-bond acceptors (Lipinski definition) is 5. The van der Waals surface area contributed by atoms with Crippen LogP contribution in [-0.4, -0.2) is 31.0 Å². The molecule has 2 amide bonds. The second kappa shape index (κ2) is 10.0. The molecule has 0 aromatic heterocycles. The third-order valence-corrected chi connectivity index (χ3v) is 3.42. The van der Waals surface area contributed by atoms with Gasteiger partial charge in [0.25, 0.3) is 11.8 Å². The fraction of sp³-hybridized carbons (Fsp3) is 0.211. The molecule has 0 spiro atoms. The van der Waals surface area contributed by atoms with Crippen molar-refractivity contribution in [3.63, 3.8) is 0 Å². The van der Waals surface area contributed by atoms with Gasteiger partial charge in [-0.15, -0.1) is 0 Å². The topological polar surface area (TPSA) is 81.7 Å². The monoisotopic (exact) mass is 377 g/mol. The van der Waals surface area contributed by atoms with Gasteiger partial charge in [0, 0.05) is 12.0 Å². The van der Waals surface area contributed by atoms with Gasteiger partial charge in [0.15, 0.2) is 6.61 Å². The normalized spacial score (nSPS) is 10.3. The van der Waals surface area contributed by atoms with E-state index in [9.17, 15) is 23.2 Å². The maximum atomic E-state index is 12.1. The molecule has 0 aliphatic heterocycles. The first kappa shape index (κ1) is 20.0. The van der Waals surface area contributed by atoms with Gasteiger partial charge in [0.05, 0.1) is 0 Å². The number of esters is 1. The first-order valence-corrected chi connectivity index (χ1v) is 8.02. The molecule has 0 radical (unpaired) electrons. The van der Waals surface area contributed by atoms with Crippen LogP contribution in [0.25, 0.3) is 0 Å². The number of nitrogens with one attached hydrogen (secondary N) is 1. The van der Waals surface area contributed by atoms with Gasteiger partial charge in [-0.1, -0.05) is 30.3 Å². The van der Waals surface area contributed by atoms with Gasteiger partial charge < -0.3 is 9.47 Å². The zero-order valence-corrected chi connectivity index (χ0v) is 14.2. The lowest BCUT2D eigenvalue weighted by Gasteiger charge is -2.07. The second-order valence-electron chi connectivity index (χ2n) is 5.43. The highest BCUT2D eigenvalue weighted by atomic mass is 19.3. The molecule has 0 heterocycles. The van der Waals surface area contributed by atoms with Crippen molar-refractivity contribution in [3.05, 3.63) is 65.7 Å². The minimum atomic E-state index is -2.97. The molecule has 27 heavy (non-hydrogen) atoms. The lowest BCUT2D eigenvalue weighted by Crippen LogP contribution is -2.34. The van der Waals surface area contributed by atoms with Crippen LogP contribution in [0.3, 0.4) is 0 Å². The van der Waals surface area contributed by atoms with Crippen LogP contribution < -0.4 is 10.1 Å². The Kier molecular flexibility index (Phi) is 7.42. The Bertz CT molecular complexity index is 778. The molecule has 8 heteroatoms. The Hall–Kier alpha value is -3.29. The summed E-state index contributed by atoms with van der Waals surface area (Å²) in [5.41, 5.74) is 1.04. The Labute approximate surface area is 154 Å². The fourth-order valence-electron chi connectivity index (χ4n) is 2.13. The van der Waals surface area contributed by atoms with Crippen LogP contribution in [0.5, 0.6) is 5.75 Å². The number of halogens is 2. The van der Waals surface area contributed by atoms with Crippen LogP contribution in [0.4, 0.5) is 8.78 Å². The summed E-state index contributed by atoms with van der Waals surface area (Å²) in [6.45, 7) is -3.56. The predicted molar refractivity (Wildman–Crippen MR) is 91.3 cm³/mol. The summed E-state index contributed by atoms with van der Waals surface area (Å²) >= 11 is 0. The number of ether oxygens (including phenoxy) is 2. The highest BCUT2D eigenvalue weighted by molar-refractivity contribution is 6.05. The molecule has 0 saturated heterocycles. The molecule has 6 nitrogen and oxygen atoms in total. The van der Waals surface area contributed by atoms with Gasteiger partial charge >= 0.3 is 12.6 Å². The third-order valence-electron chi connectivity index (χ3n) is 3.42. The lowest BCUT2D eigenvalue weighted by molar-refractivity contribution is -0.148. The van der Waals surface area contributed by atoms with Crippen LogP contribution in [0.2, 0.25) is 0 Å². The Morgan fingerprint density at radius 2 is 1.63 bits per heavy atom. The zero-order valence-electron chi connectivity index (χ0n) is 14.2. The van der Waals surface area contributed by atoms with Crippen molar-refractivity contribution < 1.29 is 32.6 Å². The van der Waals surface area contributed by atoms with Crippen molar-refractivity contribution in [2.24, 2.45) is 0 Å². The van der Waals surface area contributed by atoms with Gasteiger partial charge in [0.1, 0.15) is 5.75 Å². The van der Waals surface area contributed by atoms with Crippen molar-refractivity contribution in [3.8, 4) is 5.75 Å². The summed E-state index contributed by atoms with van der Waals surface area (Å²) in [6, 6.07) is 14.1. The van der Waals surface area contributed by atoms with E-state index in [0.717, 1.165) is 5.56 Å². The van der Waals surface area contributed by atoms with Crippen LogP contribution >= 0.6 is 0 Å². The van der Waals surface area contributed by atoms with E-state index >= 15 is 0 Å². The van der Waals surface area contributed by atoms with Crippen molar-refractivity contribution in [2.45, 2.75) is 19.5 Å². The summed E-state index contributed by atoms with van der Waals surface area (Å²) in [7, 11) is 0. The SMILES string of the molecule is O=C(COC(=O)CCc1ccccc1)NC(=O)c1ccc(OC(F)F)cc1. The molecule has 0 fully saturated rings. The molecule has 2 aromatic carbocycles. The van der Waals surface area contributed by atoms with Gasteiger partial charge in [-0.2, -0.15) is 8.78 Å². The molecule has 0 aliphatic rings. The smallest absolute Gasteiger partial charge is 0.387 e. The molecule has 142 valence electrons. The fourth-order valence-corrected chi connectivity index (χ4v) is 2.13. The molecule has 0 aliphatic carbocycles. The molecular weight excluding hydrogens is 360 g/mol. The quantitative estimate of drug-likeness (QED) is 0.716. The minimum Gasteiger partial charge on any atom is -0.456 e. The maximum Gasteiger partial charge on any atom is 0.387 e. The number of amides is 2. The van der Waals surface area contributed by atoms with Crippen LogP contribution in [-0.2, 0) is 20.7 Å². The van der Waals surface area contributed by atoms with E-state index < -0.39 is 31.0 Å². The van der Waals surface area contributed by atoms with Gasteiger partial charge in [0.2, 0.25) is 0 Å². The van der Waals surface area contributed by atoms with E-state index in [2.05, 4.69) is 4.74 Å². The summed E-state index contributed by atoms with van der Waals surface area (Å²) in [6.07, 6.45) is 0.587. The van der Waals surface area contributed by atoms with Crippen molar-refractivity contribution in [1.82, 2.24) is 5.32 Å². The lowest BCUT2D eigenvalue weighted by atomic mass is 10.1. The predicted octanol–water partition coefficient (Wildman–Crippen LogP) is 2.72. The number of benzene rings is 2. The Morgan fingerprint density at radius 1 is 0.963 bits per heavy atom. The van der Waals surface area contributed by atoms with Crippen LogP contribution in [0.15, 0.2) is 54.6 Å². The van der Waals surface area contributed by atoms with Crippen molar-refractivity contribution >= 4 is 17.8 Å². The minimum absolute atomic E-state index is 0.0698. The standard InChI is InChI=1S/C19H17F2NO5/c20-19(21)27-15-9-7-14(8-10-15)18(25)22-16(23)12-26-17(24)11-6-13-4-2-1-3-5-13/h1-5,7-10,19H,6,11-12H2,(H,22,23,25). The first-order chi connectivity index (χ1) is 12.9. The average molecular weight is 377 g/mol. The largest absolute Gasteiger partial charge is 0.456 e. The number of alkyl halides is 2. The number of carbonyl (C=O) groups is 3. The number of carbonyl (C=O) groups excluding carboxylic acids is 3. The summed E-state index contributed by atoms with van der Waals surface area (Å²) in [4.78, 5) is 35.2. The van der Waals surface area contributed by atoms with E-state index in [1.165, 1.54) is 24.3 Å². The first-order valence-electron chi connectivity index (χ1n) is 8.02. The Morgan fingerprint density at radius 3 is 2.26 bits per heavy atom. The average Bonchev–Trinajstić information content (AvgIpc) is 2.65. The molecule has 0 bridgehead atoms. The summed E-state index contributed by atoms with van der Waals surface area (Å²) in [5, 5.41) is 2.04. The second-order valence-corrected chi connectivity index (χ2v) is 5.43. The van der Waals surface area contributed by atoms with Gasteiger partial charge in [-0.3, -0.25) is 19.7 Å². The van der Waals surface area contributed by atoms with E-state index in [4.69, 9.17) is 4.74 Å². The number of imide groups is 1. The molecular formula is C19H17F2NO5. The summed E-state index contributed by atoms with van der Waals surface area (Å²) in [5.74, 6) is -2.21. The number of rotatable bonds is 8. The Balaban J connectivity index is 1.72. The van der Waals surface area contributed by atoms with Crippen LogP contribution in [0.1, 0.15) is 22.3 Å². The zero-order chi connectivity index (χ0) is 19.6. The summed E-state index contributed by atoms with van der Waals surface area (Å²) < 4.78 is 33.1. The number of hydrogen-bond donors (Lipinski definition) is 1. The molecule has 1 N–H and O–H groups in total. The highest BCUT2D eigenvalue weighted by Gasteiger charge is 2.13. The molecule has 0 saturated carbocycles. The molecule has 0 atom stereocenters. The van der Waals surface area contributed by atoms with Gasteiger partial charge in [-0.25, -0.2) is 0 Å². The van der Waals surface area contributed by atoms with Crippen molar-refractivity contribution in [1.29, 1.82) is 0 Å². The van der Waals surface area contributed by atoms with E-state index in [0.29, 0.717) is 6.42 Å². The van der Waals surface area contributed by atoms with E-state index in [1.807, 2.05) is 35.6 Å². The third kappa shape index (κ3) is 7.23. The molecule has 2 rings (SSSR count). The van der Waals surface area contributed by atoms with Crippen molar-refractivity contribution in [2.75, 3.05) is 6.61 Å². The van der Waals surface area contributed by atoms with Gasteiger partial charge in [-0.05, 0) is 36.2 Å². The van der Waals surface area contributed by atoms with E-state index in [1.54, 1.807) is 0 Å². The van der Waals surface area contributed by atoms with E-state index in [-0.39, 0.29) is 17.7 Å². The highest BCUT2D eigenvalue weighted by Crippen LogP contribution is 2.14. The molecule has 0 unspecified atom stereocenters. The van der Waals surface area contributed by atoms with Crippen LogP contribution in [0, 0.1) is 0 Å². The number of aryl methyl sites for hydroxylation is 1. The molecule has 2 aromatic rings. The maximum absolute atomic E-state index is 12.1.